The Bertz CT molecular complexity index is 436. The molecule has 0 aliphatic carbocycles. The summed E-state index contributed by atoms with van der Waals surface area (Å²) in [6.07, 6.45) is 1.03. The molecule has 2 nitrogen and oxygen atoms in total. The quantitative estimate of drug-likeness (QED) is 0.790. The number of hydrogen-bond acceptors (Lipinski definition) is 2. The average molecular weight is 294 g/mol. The van der Waals surface area contributed by atoms with E-state index in [1.54, 1.807) is 0 Å². The van der Waals surface area contributed by atoms with Crippen LogP contribution in [0.5, 0.6) is 0 Å². The van der Waals surface area contributed by atoms with Crippen LogP contribution in [0.1, 0.15) is 12.5 Å². The minimum atomic E-state index is 0. The van der Waals surface area contributed by atoms with E-state index in [2.05, 4.69) is 17.1 Å². The van der Waals surface area contributed by atoms with E-state index in [-0.39, 0.29) is 12.4 Å². The smallest absolute Gasteiger partial charge is 0.0474 e. The first-order valence-corrected chi connectivity index (χ1v) is 6.39. The van der Waals surface area contributed by atoms with Gasteiger partial charge in [-0.3, -0.25) is 0 Å². The summed E-state index contributed by atoms with van der Waals surface area (Å²) < 4.78 is 0. The minimum Gasteiger partial charge on any atom is -0.363 e. The molecule has 1 fully saturated rings. The van der Waals surface area contributed by atoms with Gasteiger partial charge in [0, 0.05) is 40.9 Å². The van der Waals surface area contributed by atoms with Gasteiger partial charge in [0.1, 0.15) is 0 Å². The van der Waals surface area contributed by atoms with Crippen LogP contribution in [0.3, 0.4) is 0 Å². The highest BCUT2D eigenvalue weighted by atomic mass is 35.5. The molecule has 0 spiro atoms. The van der Waals surface area contributed by atoms with E-state index in [1.807, 2.05) is 12.1 Å². The van der Waals surface area contributed by atoms with E-state index < -0.39 is 0 Å². The molecule has 94 valence electrons. The predicted molar refractivity (Wildman–Crippen MR) is 76.0 cm³/mol. The van der Waals surface area contributed by atoms with Gasteiger partial charge >= 0.3 is 0 Å². The number of benzene rings is 1. The SMILES string of the molecule is CC1CNC[C@H]2Cc3c(Cl)cc(Cl)cc3N12.Cl. The second-order valence-corrected chi connectivity index (χ2v) is 5.50. The molecule has 5 heteroatoms. The van der Waals surface area contributed by atoms with Crippen LogP contribution in [0, 0.1) is 0 Å². The molecule has 0 saturated carbocycles. The van der Waals surface area contributed by atoms with Crippen LogP contribution < -0.4 is 10.2 Å². The fourth-order valence-electron chi connectivity index (χ4n) is 2.88. The summed E-state index contributed by atoms with van der Waals surface area (Å²) in [5.41, 5.74) is 2.49. The highest BCUT2D eigenvalue weighted by Crippen LogP contribution is 2.40. The molecular weight excluding hydrogens is 279 g/mol. The van der Waals surface area contributed by atoms with E-state index in [1.165, 1.54) is 11.3 Å². The number of nitrogens with zero attached hydrogens (tertiary/aromatic N) is 1. The van der Waals surface area contributed by atoms with E-state index in [0.29, 0.717) is 12.1 Å². The van der Waals surface area contributed by atoms with Crippen LogP contribution in [-0.2, 0) is 6.42 Å². The van der Waals surface area contributed by atoms with Gasteiger partial charge < -0.3 is 10.2 Å². The zero-order valence-corrected chi connectivity index (χ0v) is 11.9. The highest BCUT2D eigenvalue weighted by Gasteiger charge is 2.36. The second-order valence-electron chi connectivity index (χ2n) is 4.66. The lowest BCUT2D eigenvalue weighted by molar-refractivity contribution is 0.430. The largest absolute Gasteiger partial charge is 0.363 e. The van der Waals surface area contributed by atoms with Crippen LogP contribution in [0.4, 0.5) is 5.69 Å². The third kappa shape index (κ3) is 2.12. The van der Waals surface area contributed by atoms with Gasteiger partial charge in [-0.15, -0.1) is 12.4 Å². The van der Waals surface area contributed by atoms with Gasteiger partial charge in [0.2, 0.25) is 0 Å². The Morgan fingerprint density at radius 1 is 1.29 bits per heavy atom. The topological polar surface area (TPSA) is 15.3 Å². The van der Waals surface area contributed by atoms with E-state index in [0.717, 1.165) is 29.6 Å². The predicted octanol–water partition coefficient (Wildman–Crippen LogP) is 3.14. The molecule has 2 atom stereocenters. The first-order valence-electron chi connectivity index (χ1n) is 5.64. The summed E-state index contributed by atoms with van der Waals surface area (Å²) >= 11 is 12.3. The van der Waals surface area contributed by atoms with Crippen LogP contribution in [0.25, 0.3) is 0 Å². The summed E-state index contributed by atoms with van der Waals surface area (Å²) in [6.45, 7) is 4.30. The molecular formula is C12H15Cl3N2. The lowest BCUT2D eigenvalue weighted by atomic mass is 10.1. The lowest BCUT2D eigenvalue weighted by Gasteiger charge is -2.38. The van der Waals surface area contributed by atoms with Gasteiger partial charge in [0.25, 0.3) is 0 Å². The van der Waals surface area contributed by atoms with Crippen molar-refractivity contribution in [2.45, 2.75) is 25.4 Å². The maximum absolute atomic E-state index is 6.26. The van der Waals surface area contributed by atoms with Gasteiger partial charge in [0.05, 0.1) is 0 Å². The van der Waals surface area contributed by atoms with Gasteiger partial charge in [0.15, 0.2) is 0 Å². The zero-order chi connectivity index (χ0) is 11.3. The van der Waals surface area contributed by atoms with Gasteiger partial charge in [-0.05, 0) is 31.0 Å². The molecule has 2 heterocycles. The Balaban J connectivity index is 0.00000108. The van der Waals surface area contributed by atoms with Gasteiger partial charge in [-0.2, -0.15) is 0 Å². The Labute approximate surface area is 118 Å². The first-order chi connectivity index (χ1) is 7.66. The van der Waals surface area contributed by atoms with Crippen molar-refractivity contribution in [3.05, 3.63) is 27.7 Å². The summed E-state index contributed by atoms with van der Waals surface area (Å²) in [5.74, 6) is 0. The number of fused-ring (bicyclic) bond motifs is 3. The highest BCUT2D eigenvalue weighted by molar-refractivity contribution is 6.35. The Morgan fingerprint density at radius 2 is 2.06 bits per heavy atom. The fraction of sp³-hybridized carbons (Fsp3) is 0.500. The fourth-order valence-corrected chi connectivity index (χ4v) is 3.44. The number of halogens is 3. The van der Waals surface area contributed by atoms with Gasteiger partial charge in [-0.1, -0.05) is 23.2 Å². The molecule has 3 rings (SSSR count). The van der Waals surface area contributed by atoms with Crippen molar-refractivity contribution in [3.63, 3.8) is 0 Å². The molecule has 1 aromatic carbocycles. The molecule has 1 unspecified atom stereocenters. The maximum atomic E-state index is 6.26. The van der Waals surface area contributed by atoms with Crippen molar-refractivity contribution in [1.29, 1.82) is 0 Å². The third-order valence-electron chi connectivity index (χ3n) is 3.54. The third-order valence-corrected chi connectivity index (χ3v) is 4.10. The first kappa shape index (κ1) is 13.3. The van der Waals surface area contributed by atoms with Crippen molar-refractivity contribution in [1.82, 2.24) is 5.32 Å². The van der Waals surface area contributed by atoms with E-state index in [9.17, 15) is 0 Å². The molecule has 2 aliphatic rings. The van der Waals surface area contributed by atoms with Crippen molar-refractivity contribution < 1.29 is 0 Å². The molecule has 17 heavy (non-hydrogen) atoms. The molecule has 0 radical (unpaired) electrons. The van der Waals surface area contributed by atoms with Crippen molar-refractivity contribution in [3.8, 4) is 0 Å². The van der Waals surface area contributed by atoms with Crippen molar-refractivity contribution in [2.24, 2.45) is 0 Å². The summed E-state index contributed by atoms with van der Waals surface area (Å²) in [5, 5.41) is 5.00. The maximum Gasteiger partial charge on any atom is 0.0474 e. The molecule has 1 N–H and O–H groups in total. The number of hydrogen-bond donors (Lipinski definition) is 1. The summed E-state index contributed by atoms with van der Waals surface area (Å²) in [7, 11) is 0. The van der Waals surface area contributed by atoms with Gasteiger partial charge in [-0.25, -0.2) is 0 Å². The van der Waals surface area contributed by atoms with Crippen molar-refractivity contribution >= 4 is 41.3 Å². The number of nitrogens with one attached hydrogen (secondary N) is 1. The van der Waals surface area contributed by atoms with Crippen molar-refractivity contribution in [2.75, 3.05) is 18.0 Å². The lowest BCUT2D eigenvalue weighted by Crippen LogP contribution is -2.54. The second kappa shape index (κ2) is 4.85. The summed E-state index contributed by atoms with van der Waals surface area (Å²) in [4.78, 5) is 2.46. The monoisotopic (exact) mass is 292 g/mol. The Kier molecular flexibility index (Phi) is 3.79. The molecule has 1 aromatic rings. The normalized spacial score (nSPS) is 26.2. The molecule has 0 aromatic heterocycles. The van der Waals surface area contributed by atoms with Crippen LogP contribution >= 0.6 is 35.6 Å². The minimum absolute atomic E-state index is 0. The standard InChI is InChI=1S/C12H14Cl2N2.ClH/c1-7-5-15-6-9-4-10-11(14)2-8(13)3-12(10)16(7)9;/h2-3,7,9,15H,4-6H2,1H3;1H/t7?,9-;/m1./s1. The van der Waals surface area contributed by atoms with Crippen LogP contribution in [-0.4, -0.2) is 25.2 Å². The van der Waals surface area contributed by atoms with Crippen LogP contribution in [0.2, 0.25) is 10.0 Å². The zero-order valence-electron chi connectivity index (χ0n) is 9.54. The van der Waals surface area contributed by atoms with E-state index in [4.69, 9.17) is 23.2 Å². The number of rotatable bonds is 0. The summed E-state index contributed by atoms with van der Waals surface area (Å²) in [6, 6.07) is 4.94. The number of piperazine rings is 1. The van der Waals surface area contributed by atoms with Crippen LogP contribution in [0.15, 0.2) is 12.1 Å². The Hall–Kier alpha value is -0.150. The van der Waals surface area contributed by atoms with E-state index >= 15 is 0 Å². The molecule has 0 bridgehead atoms. The Morgan fingerprint density at radius 3 is 2.82 bits per heavy atom. The molecule has 1 saturated heterocycles. The average Bonchev–Trinajstić information content (AvgIpc) is 2.58. The number of anilines is 1. The molecule has 0 amide bonds. The molecule has 2 aliphatic heterocycles.